The number of hydrogen-bond donors (Lipinski definition) is 1. The van der Waals surface area contributed by atoms with Crippen LogP contribution < -0.4 is 0 Å². The van der Waals surface area contributed by atoms with Crippen LogP contribution in [-0.2, 0) is 4.79 Å². The molecule has 1 unspecified atom stereocenters. The lowest BCUT2D eigenvalue weighted by atomic mass is 10.0. The summed E-state index contributed by atoms with van der Waals surface area (Å²) >= 11 is 0. The Morgan fingerprint density at radius 3 is 2.67 bits per heavy atom. The predicted molar refractivity (Wildman–Crippen MR) is 79.6 cm³/mol. The van der Waals surface area contributed by atoms with Gasteiger partial charge in [0, 0.05) is 24.7 Å². The summed E-state index contributed by atoms with van der Waals surface area (Å²) in [6.07, 6.45) is 2.83. The predicted octanol–water partition coefficient (Wildman–Crippen LogP) is 2.47. The molecule has 0 radical (unpaired) electrons. The normalized spacial score (nSPS) is 11.9. The molecule has 0 bridgehead atoms. The molecule has 0 aliphatic heterocycles. The first-order valence-electron chi connectivity index (χ1n) is 6.52. The molecule has 0 saturated heterocycles. The Hall–Kier alpha value is -2.61. The lowest BCUT2D eigenvalue weighted by molar-refractivity contribution is -0.131. The number of carboxylic acid groups (broad SMARTS) is 1. The number of carboxylic acids is 1. The lowest BCUT2D eigenvalue weighted by Gasteiger charge is -2.23. The summed E-state index contributed by atoms with van der Waals surface area (Å²) in [5.74, 6) is -1.17. The lowest BCUT2D eigenvalue weighted by Crippen LogP contribution is -2.34. The number of benzene rings is 1. The van der Waals surface area contributed by atoms with Crippen LogP contribution in [0.2, 0.25) is 0 Å². The number of carbonyl (C=O) groups excluding carboxylic acids is 1. The number of hydrogen-bond acceptors (Lipinski definition) is 3. The average molecular weight is 286 g/mol. The van der Waals surface area contributed by atoms with E-state index >= 15 is 0 Å². The third kappa shape index (κ3) is 4.46. The van der Waals surface area contributed by atoms with Crippen LogP contribution in [0.15, 0.2) is 24.3 Å². The highest BCUT2D eigenvalue weighted by Crippen LogP contribution is 2.15. The van der Waals surface area contributed by atoms with Crippen molar-refractivity contribution >= 4 is 18.0 Å². The summed E-state index contributed by atoms with van der Waals surface area (Å²) < 4.78 is 0. The second kappa shape index (κ2) is 7.25. The Morgan fingerprint density at radius 2 is 2.14 bits per heavy atom. The van der Waals surface area contributed by atoms with Crippen LogP contribution in [0, 0.1) is 18.3 Å². The Bertz CT molecular complexity index is 614. The SMILES string of the molecule is Cc1cc(C(=O)N(C)C(C)CC#N)ccc1/C=C/C(=O)O. The smallest absolute Gasteiger partial charge is 0.328 e. The molecule has 1 aromatic carbocycles. The van der Waals surface area contributed by atoms with E-state index in [1.165, 1.54) is 11.0 Å². The van der Waals surface area contributed by atoms with Gasteiger partial charge in [-0.05, 0) is 43.2 Å². The van der Waals surface area contributed by atoms with Crippen molar-refractivity contribution in [2.45, 2.75) is 26.3 Å². The molecule has 1 atom stereocenters. The van der Waals surface area contributed by atoms with Crippen molar-refractivity contribution in [2.75, 3.05) is 7.05 Å². The monoisotopic (exact) mass is 286 g/mol. The number of rotatable bonds is 5. The number of aryl methyl sites for hydroxylation is 1. The topological polar surface area (TPSA) is 81.4 Å². The molecule has 1 aromatic rings. The van der Waals surface area contributed by atoms with Crippen LogP contribution in [-0.4, -0.2) is 35.0 Å². The van der Waals surface area contributed by atoms with Crippen LogP contribution in [0.1, 0.15) is 34.8 Å². The molecule has 1 amide bonds. The van der Waals surface area contributed by atoms with E-state index < -0.39 is 5.97 Å². The highest BCUT2D eigenvalue weighted by atomic mass is 16.4. The Labute approximate surface area is 124 Å². The first-order valence-corrected chi connectivity index (χ1v) is 6.52. The molecule has 21 heavy (non-hydrogen) atoms. The van der Waals surface area contributed by atoms with Crippen molar-refractivity contribution in [3.63, 3.8) is 0 Å². The first kappa shape index (κ1) is 16.4. The minimum absolute atomic E-state index is 0.158. The van der Waals surface area contributed by atoms with Gasteiger partial charge in [0.2, 0.25) is 0 Å². The maximum absolute atomic E-state index is 12.3. The molecule has 110 valence electrons. The molecule has 0 heterocycles. The average Bonchev–Trinajstić information content (AvgIpc) is 2.44. The fourth-order valence-corrected chi connectivity index (χ4v) is 1.83. The number of nitrogens with zero attached hydrogens (tertiary/aromatic N) is 2. The highest BCUT2D eigenvalue weighted by Gasteiger charge is 2.17. The minimum Gasteiger partial charge on any atom is -0.478 e. The third-order valence-corrected chi connectivity index (χ3v) is 3.29. The van der Waals surface area contributed by atoms with E-state index in [9.17, 15) is 9.59 Å². The van der Waals surface area contributed by atoms with E-state index in [1.54, 1.807) is 25.2 Å². The van der Waals surface area contributed by atoms with Gasteiger partial charge in [0.25, 0.3) is 5.91 Å². The van der Waals surface area contributed by atoms with Gasteiger partial charge in [-0.3, -0.25) is 4.79 Å². The van der Waals surface area contributed by atoms with E-state index in [1.807, 2.05) is 19.9 Å². The van der Waals surface area contributed by atoms with E-state index in [-0.39, 0.29) is 18.4 Å². The zero-order valence-electron chi connectivity index (χ0n) is 12.3. The fraction of sp³-hybridized carbons (Fsp3) is 0.312. The molecule has 0 aromatic heterocycles. The maximum Gasteiger partial charge on any atom is 0.328 e. The summed E-state index contributed by atoms with van der Waals surface area (Å²) in [5.41, 5.74) is 2.09. The van der Waals surface area contributed by atoms with E-state index in [0.29, 0.717) is 5.56 Å². The number of carbonyl (C=O) groups is 2. The van der Waals surface area contributed by atoms with Crippen LogP contribution in [0.3, 0.4) is 0 Å². The van der Waals surface area contributed by atoms with Crippen LogP contribution in [0.25, 0.3) is 6.08 Å². The molecule has 5 nitrogen and oxygen atoms in total. The summed E-state index contributed by atoms with van der Waals surface area (Å²) in [5, 5.41) is 17.3. The molecule has 1 N–H and O–H groups in total. The third-order valence-electron chi connectivity index (χ3n) is 3.29. The number of aliphatic carboxylic acids is 1. The van der Waals surface area contributed by atoms with Crippen LogP contribution in [0.5, 0.6) is 0 Å². The Morgan fingerprint density at radius 1 is 1.48 bits per heavy atom. The quantitative estimate of drug-likeness (QED) is 0.843. The van der Waals surface area contributed by atoms with Crippen molar-refractivity contribution in [3.05, 3.63) is 41.0 Å². The van der Waals surface area contributed by atoms with Gasteiger partial charge in [-0.2, -0.15) is 5.26 Å². The van der Waals surface area contributed by atoms with Gasteiger partial charge in [0.05, 0.1) is 12.5 Å². The van der Waals surface area contributed by atoms with E-state index in [0.717, 1.165) is 17.2 Å². The molecule has 0 saturated carbocycles. The number of amides is 1. The van der Waals surface area contributed by atoms with Gasteiger partial charge in [-0.25, -0.2) is 4.79 Å². The fourth-order valence-electron chi connectivity index (χ4n) is 1.83. The van der Waals surface area contributed by atoms with Gasteiger partial charge in [-0.15, -0.1) is 0 Å². The van der Waals surface area contributed by atoms with Crippen molar-refractivity contribution in [1.29, 1.82) is 5.26 Å². The van der Waals surface area contributed by atoms with Gasteiger partial charge in [-0.1, -0.05) is 6.07 Å². The van der Waals surface area contributed by atoms with Gasteiger partial charge < -0.3 is 10.0 Å². The Balaban J connectivity index is 2.96. The molecular formula is C16H18N2O3. The van der Waals surface area contributed by atoms with Crippen molar-refractivity contribution in [1.82, 2.24) is 4.90 Å². The minimum atomic E-state index is -1.01. The molecule has 5 heteroatoms. The van der Waals surface area contributed by atoms with Crippen molar-refractivity contribution < 1.29 is 14.7 Å². The molecule has 1 rings (SSSR count). The second-order valence-electron chi connectivity index (χ2n) is 4.87. The molecule has 0 aliphatic carbocycles. The first-order chi connectivity index (χ1) is 9.86. The second-order valence-corrected chi connectivity index (χ2v) is 4.87. The summed E-state index contributed by atoms with van der Waals surface area (Å²) in [4.78, 5) is 24.3. The summed E-state index contributed by atoms with van der Waals surface area (Å²) in [6, 6.07) is 6.98. The van der Waals surface area contributed by atoms with Crippen molar-refractivity contribution in [2.24, 2.45) is 0 Å². The van der Waals surface area contributed by atoms with Crippen molar-refractivity contribution in [3.8, 4) is 6.07 Å². The molecule has 0 aliphatic rings. The molecular weight excluding hydrogens is 268 g/mol. The largest absolute Gasteiger partial charge is 0.478 e. The zero-order valence-corrected chi connectivity index (χ0v) is 12.3. The van der Waals surface area contributed by atoms with E-state index in [2.05, 4.69) is 0 Å². The van der Waals surface area contributed by atoms with Gasteiger partial charge >= 0.3 is 5.97 Å². The standard InChI is InChI=1S/C16H18N2O3/c1-11-10-14(5-4-13(11)6-7-15(19)20)16(21)18(3)12(2)8-9-17/h4-7,10,12H,8H2,1-3H3,(H,19,20)/b7-6+. The van der Waals surface area contributed by atoms with Gasteiger partial charge in [0.1, 0.15) is 0 Å². The maximum atomic E-state index is 12.3. The van der Waals surface area contributed by atoms with Crippen LogP contribution >= 0.6 is 0 Å². The number of nitriles is 1. The highest BCUT2D eigenvalue weighted by molar-refractivity contribution is 5.95. The van der Waals surface area contributed by atoms with Gasteiger partial charge in [0.15, 0.2) is 0 Å². The summed E-state index contributed by atoms with van der Waals surface area (Å²) in [6.45, 7) is 3.63. The molecule has 0 spiro atoms. The zero-order chi connectivity index (χ0) is 16.0. The van der Waals surface area contributed by atoms with Crippen LogP contribution in [0.4, 0.5) is 0 Å². The molecule has 0 fully saturated rings. The summed E-state index contributed by atoms with van der Waals surface area (Å²) in [7, 11) is 1.66. The van der Waals surface area contributed by atoms with E-state index in [4.69, 9.17) is 10.4 Å². The Kier molecular flexibility index (Phi) is 5.67.